The van der Waals surface area contributed by atoms with Crippen LogP contribution in [0.4, 0.5) is 17.1 Å². The van der Waals surface area contributed by atoms with E-state index >= 15 is 0 Å². The molecular weight excluding hydrogens is 1620 g/mol. The third-order valence-electron chi connectivity index (χ3n) is 21.7. The number of carbonyl (C=O) groups is 3. The number of para-hydroxylation sites is 3. The number of nitrogens with one attached hydrogen (secondary N) is 3. The fourth-order valence-electron chi connectivity index (χ4n) is 15.4. The van der Waals surface area contributed by atoms with E-state index in [1.165, 1.54) is 59.0 Å². The number of aromatic nitrogens is 3. The van der Waals surface area contributed by atoms with Gasteiger partial charge in [0.1, 0.15) is 27.9 Å². The number of anilines is 3. The van der Waals surface area contributed by atoms with Crippen LogP contribution < -0.4 is 47.3 Å². The van der Waals surface area contributed by atoms with E-state index in [1.807, 2.05) is 6.07 Å². The lowest BCUT2D eigenvalue weighted by Crippen LogP contribution is -2.48. The molecule has 12 aromatic rings. The van der Waals surface area contributed by atoms with Crippen LogP contribution in [0.15, 0.2) is 227 Å². The highest BCUT2D eigenvalue weighted by Crippen LogP contribution is 2.45. The van der Waals surface area contributed by atoms with Crippen LogP contribution in [-0.4, -0.2) is 224 Å². The van der Waals surface area contributed by atoms with Crippen molar-refractivity contribution in [3.05, 3.63) is 252 Å². The van der Waals surface area contributed by atoms with Gasteiger partial charge >= 0.3 is 0 Å². The summed E-state index contributed by atoms with van der Waals surface area (Å²) in [6.07, 6.45) is 4.82. The molecule has 3 saturated heterocycles. The second-order valence-corrected chi connectivity index (χ2v) is 34.3. The average Bonchev–Trinajstić information content (AvgIpc) is 0.795. The van der Waals surface area contributed by atoms with Crippen molar-refractivity contribution in [1.82, 2.24) is 44.4 Å². The second-order valence-electron chi connectivity index (χ2n) is 29.4. The van der Waals surface area contributed by atoms with Gasteiger partial charge in [-0.1, -0.05) is 60.7 Å². The highest BCUT2D eigenvalue weighted by molar-refractivity contribution is 7.93. The number of aromatic hydroxyl groups is 2. The van der Waals surface area contributed by atoms with E-state index in [0.29, 0.717) is 181 Å². The molecule has 0 bridgehead atoms. The molecule has 0 unspecified atom stereocenters. The van der Waals surface area contributed by atoms with Crippen LogP contribution in [0.1, 0.15) is 53.3 Å². The maximum atomic E-state index is 14.1. The van der Waals surface area contributed by atoms with Crippen molar-refractivity contribution in [2.75, 3.05) is 141 Å². The Hall–Kier alpha value is -13.1. The first kappa shape index (κ1) is 84.0. The van der Waals surface area contributed by atoms with Gasteiger partial charge in [-0.3, -0.25) is 58.2 Å². The van der Waals surface area contributed by atoms with Crippen molar-refractivity contribution < 1.29 is 83.0 Å². The number of nitrogens with zero attached hydrogens (tertiary/aromatic N) is 9. The maximum Gasteiger partial charge on any atom is 0.264 e. The van der Waals surface area contributed by atoms with Gasteiger partial charge in [0, 0.05) is 184 Å². The van der Waals surface area contributed by atoms with Crippen LogP contribution in [0.25, 0.3) is 32.7 Å². The molecule has 632 valence electrons. The first-order valence-electron chi connectivity index (χ1n) is 39.4. The van der Waals surface area contributed by atoms with E-state index in [0.717, 1.165) is 5.56 Å². The minimum atomic E-state index is -4.04. The number of benzene rings is 9. The van der Waals surface area contributed by atoms with Crippen molar-refractivity contribution in [3.8, 4) is 51.7 Å². The number of phenolic OH excluding ortho intramolecular Hbond substituents is 2. The number of phenols is 2. The molecular formula is C89H90N12O18S3. The molecule has 33 heteroatoms. The first-order valence-corrected chi connectivity index (χ1v) is 43.9. The van der Waals surface area contributed by atoms with Crippen LogP contribution in [0.5, 0.6) is 51.7 Å². The van der Waals surface area contributed by atoms with E-state index in [9.17, 15) is 49.9 Å². The number of sulfonamides is 3. The van der Waals surface area contributed by atoms with Gasteiger partial charge < -0.3 is 58.1 Å². The van der Waals surface area contributed by atoms with Gasteiger partial charge in [-0.05, 0) is 145 Å². The SMILES string of the molecule is COc1cc(CCOc2cc(CN3CCN(C(=O)c4ccc(NS(=O)(=O)c5cccc6cccnc56)cc4)CC3)cc(OCCOc3c(OC)ccc(CN4CCN(C(=O)c5ccc(NS(=O)(=O)c6cccc7cccnc67)cc5)CC4)c3OC)c2O)c(CN2CCN(C(=O)c3ccc(NS(=O)(=O)c4cccc5cccnc45)cc3)CC2)c(O)c1OC. The maximum absolute atomic E-state index is 14.1. The van der Waals surface area contributed by atoms with E-state index in [4.69, 9.17) is 33.2 Å². The summed E-state index contributed by atoms with van der Waals surface area (Å²) in [7, 11) is -6.11. The number of hydrogen-bond donors (Lipinski definition) is 5. The summed E-state index contributed by atoms with van der Waals surface area (Å²) in [6.45, 7) is 6.01. The summed E-state index contributed by atoms with van der Waals surface area (Å²) in [6, 6.07) is 53.2. The molecule has 3 aliphatic rings. The molecule has 6 heterocycles. The first-order chi connectivity index (χ1) is 59.0. The van der Waals surface area contributed by atoms with Crippen LogP contribution in [0.3, 0.4) is 0 Å². The largest absolute Gasteiger partial charge is 0.504 e. The Bertz CT molecular complexity index is 6220. The molecule has 0 spiro atoms. The average molecular weight is 1710 g/mol. The summed E-state index contributed by atoms with van der Waals surface area (Å²) in [5.74, 6) is 0.664. The molecule has 0 atom stereocenters. The van der Waals surface area contributed by atoms with E-state index in [-0.39, 0.29) is 111 Å². The number of methoxy groups -OCH3 is 4. The molecule has 0 radical (unpaired) electrons. The number of amides is 3. The number of hydrogen-bond acceptors (Lipinski definition) is 24. The minimum Gasteiger partial charge on any atom is -0.504 e. The van der Waals surface area contributed by atoms with Gasteiger partial charge in [0.05, 0.1) is 51.6 Å². The predicted octanol–water partition coefficient (Wildman–Crippen LogP) is 11.1. The molecule has 30 nitrogen and oxygen atoms in total. The highest BCUT2D eigenvalue weighted by Gasteiger charge is 2.32. The zero-order chi connectivity index (χ0) is 85.2. The Morgan fingerprint density at radius 2 is 0.738 bits per heavy atom. The smallest absolute Gasteiger partial charge is 0.264 e. The fourth-order valence-corrected chi connectivity index (χ4v) is 19.1. The van der Waals surface area contributed by atoms with Gasteiger partial charge in [-0.2, -0.15) is 0 Å². The Labute approximate surface area is 705 Å². The van der Waals surface area contributed by atoms with Gasteiger partial charge in [0.15, 0.2) is 34.5 Å². The Balaban J connectivity index is 0.597. The van der Waals surface area contributed by atoms with Gasteiger partial charge in [0.25, 0.3) is 47.8 Å². The number of carbonyl (C=O) groups excluding carboxylic acids is 3. The molecule has 122 heavy (non-hydrogen) atoms. The predicted molar refractivity (Wildman–Crippen MR) is 460 cm³/mol. The zero-order valence-corrected chi connectivity index (χ0v) is 69.8. The van der Waals surface area contributed by atoms with Crippen molar-refractivity contribution in [1.29, 1.82) is 0 Å². The second kappa shape index (κ2) is 36.9. The van der Waals surface area contributed by atoms with E-state index in [1.54, 1.807) is 191 Å². The number of rotatable bonds is 31. The third kappa shape index (κ3) is 18.8. The summed E-state index contributed by atoms with van der Waals surface area (Å²) in [4.78, 5) is 66.6. The topological polar surface area (TPSA) is 353 Å². The lowest BCUT2D eigenvalue weighted by Gasteiger charge is -2.35. The Kier molecular flexibility index (Phi) is 25.4. The quantitative estimate of drug-likeness (QED) is 0.0252. The lowest BCUT2D eigenvalue weighted by molar-refractivity contribution is 0.0620. The van der Waals surface area contributed by atoms with Crippen LogP contribution in [-0.2, 0) is 56.1 Å². The highest BCUT2D eigenvalue weighted by atomic mass is 32.2. The summed E-state index contributed by atoms with van der Waals surface area (Å²) in [5.41, 5.74) is 5.72. The number of fused-ring (bicyclic) bond motifs is 3. The van der Waals surface area contributed by atoms with Crippen LogP contribution >= 0.6 is 0 Å². The van der Waals surface area contributed by atoms with Crippen molar-refractivity contribution in [3.63, 3.8) is 0 Å². The molecule has 3 fully saturated rings. The van der Waals surface area contributed by atoms with Gasteiger partial charge in [-0.15, -0.1) is 0 Å². The van der Waals surface area contributed by atoms with Crippen LogP contribution in [0, 0.1) is 0 Å². The van der Waals surface area contributed by atoms with Gasteiger partial charge in [0.2, 0.25) is 17.2 Å². The Morgan fingerprint density at radius 3 is 1.14 bits per heavy atom. The normalized spacial score (nSPS) is 14.4. The van der Waals surface area contributed by atoms with Crippen LogP contribution in [0.2, 0.25) is 0 Å². The monoisotopic (exact) mass is 1710 g/mol. The van der Waals surface area contributed by atoms with Gasteiger partial charge in [-0.25, -0.2) is 25.3 Å². The summed E-state index contributed by atoms with van der Waals surface area (Å²) < 4.78 is 132. The molecule has 3 aliphatic heterocycles. The molecule has 9 aromatic carbocycles. The summed E-state index contributed by atoms with van der Waals surface area (Å²) in [5, 5.41) is 26.2. The van der Waals surface area contributed by atoms with Crippen molar-refractivity contribution in [2.24, 2.45) is 0 Å². The molecule has 3 amide bonds. The fraction of sp³-hybridized carbons (Fsp3) is 0.258. The van der Waals surface area contributed by atoms with Crippen molar-refractivity contribution >= 4 is 97.6 Å². The molecule has 0 saturated carbocycles. The Morgan fingerprint density at radius 1 is 0.361 bits per heavy atom. The van der Waals surface area contributed by atoms with Crippen molar-refractivity contribution in [2.45, 2.75) is 40.7 Å². The summed E-state index contributed by atoms with van der Waals surface area (Å²) >= 11 is 0. The molecule has 3 aromatic heterocycles. The molecule has 15 rings (SSSR count). The molecule has 5 N–H and O–H groups in total. The standard InChI is InChI=1S/C89H90N12O18S3/c1-113-72-33-26-67(57-97-40-46-100(47-41-97)88(105)64-22-29-69(30-23-64)94-121(109,110)77-18-6-12-61-15-9-36-91-80(61)77)84(115-3)86(72)119-52-51-118-74-54-59(56-96-38-44-99(45-39-96)87(104)63-20-27-68(28-21-63)93-120(107,108)76-17-5-11-60-14-8-35-90-79(60)76)53-73(83(74)103)117-50-34-66-55-75(114-2)85(116-4)82(102)71(66)58-98-42-48-101(49-43-98)89(106)65-24-31-70(32-25-65)95-122(111,112)78-19-7-13-62-16-10-37-92-81(62)78/h5-33,35-37,53-55,93-95,102-103H,34,38-52,56-58H2,1-4H3. The number of piperazine rings is 3. The lowest BCUT2D eigenvalue weighted by atomic mass is 10.0. The number of pyridine rings is 3. The van der Waals surface area contributed by atoms with E-state index in [2.05, 4.69) is 43.8 Å². The zero-order valence-electron chi connectivity index (χ0n) is 67.3. The third-order valence-corrected chi connectivity index (χ3v) is 25.9. The minimum absolute atomic E-state index is 0.0135. The number of ether oxygens (including phenoxy) is 7. The molecule has 0 aliphatic carbocycles. The van der Waals surface area contributed by atoms with E-state index < -0.39 is 30.1 Å².